The standard InChI is InChI=1S/C15H19N3OS/c1-10-6-4-5-7-13(10)18-14(19)9-16-12(3)15-17-8-11(2)20-15/h4-8,12,16H,9H2,1-3H3,(H,18,19). The maximum absolute atomic E-state index is 11.9. The first-order valence-electron chi connectivity index (χ1n) is 6.57. The van der Waals surface area contributed by atoms with Crippen molar-refractivity contribution in [2.24, 2.45) is 0 Å². The number of benzene rings is 1. The van der Waals surface area contributed by atoms with E-state index in [0.29, 0.717) is 0 Å². The number of nitrogens with zero attached hydrogens (tertiary/aromatic N) is 1. The number of thiazole rings is 1. The Kier molecular flexibility index (Phi) is 4.87. The maximum Gasteiger partial charge on any atom is 0.238 e. The van der Waals surface area contributed by atoms with Gasteiger partial charge in [-0.1, -0.05) is 18.2 Å². The molecule has 1 amide bonds. The van der Waals surface area contributed by atoms with Gasteiger partial charge in [-0.05, 0) is 32.4 Å². The minimum Gasteiger partial charge on any atom is -0.325 e. The molecule has 0 bridgehead atoms. The summed E-state index contributed by atoms with van der Waals surface area (Å²) < 4.78 is 0. The summed E-state index contributed by atoms with van der Waals surface area (Å²) in [5.74, 6) is -0.0422. The number of anilines is 1. The first-order chi connectivity index (χ1) is 9.56. The maximum atomic E-state index is 11.9. The molecule has 1 aromatic carbocycles. The summed E-state index contributed by atoms with van der Waals surface area (Å²) in [4.78, 5) is 17.4. The van der Waals surface area contributed by atoms with Crippen molar-refractivity contribution in [3.05, 3.63) is 45.9 Å². The van der Waals surface area contributed by atoms with Gasteiger partial charge in [-0.2, -0.15) is 0 Å². The lowest BCUT2D eigenvalue weighted by atomic mass is 10.2. The molecular formula is C15H19N3OS. The molecule has 1 heterocycles. The first kappa shape index (κ1) is 14.7. The molecule has 1 atom stereocenters. The summed E-state index contributed by atoms with van der Waals surface area (Å²) >= 11 is 1.65. The van der Waals surface area contributed by atoms with Gasteiger partial charge in [-0.3, -0.25) is 10.1 Å². The van der Waals surface area contributed by atoms with Crippen molar-refractivity contribution in [2.45, 2.75) is 26.8 Å². The number of hydrogen-bond acceptors (Lipinski definition) is 4. The number of carbonyl (C=O) groups excluding carboxylic acids is 1. The zero-order valence-electron chi connectivity index (χ0n) is 11.9. The molecule has 5 heteroatoms. The SMILES string of the molecule is Cc1cnc(C(C)NCC(=O)Nc2ccccc2C)s1. The Hall–Kier alpha value is -1.72. The van der Waals surface area contributed by atoms with Gasteiger partial charge in [0.05, 0.1) is 12.6 Å². The molecule has 1 unspecified atom stereocenters. The van der Waals surface area contributed by atoms with Gasteiger partial charge >= 0.3 is 0 Å². The second-order valence-corrected chi connectivity index (χ2v) is 6.04. The number of rotatable bonds is 5. The minimum absolute atomic E-state index is 0.0422. The van der Waals surface area contributed by atoms with E-state index in [-0.39, 0.29) is 18.5 Å². The van der Waals surface area contributed by atoms with Gasteiger partial charge in [0.15, 0.2) is 0 Å². The van der Waals surface area contributed by atoms with E-state index in [4.69, 9.17) is 0 Å². The second kappa shape index (κ2) is 6.63. The van der Waals surface area contributed by atoms with Crippen molar-refractivity contribution in [3.63, 3.8) is 0 Å². The Labute approximate surface area is 123 Å². The lowest BCUT2D eigenvalue weighted by Gasteiger charge is -2.12. The highest BCUT2D eigenvalue weighted by atomic mass is 32.1. The summed E-state index contributed by atoms with van der Waals surface area (Å²) in [6.07, 6.45) is 1.85. The summed E-state index contributed by atoms with van der Waals surface area (Å²) in [6.45, 7) is 6.29. The third-order valence-electron chi connectivity index (χ3n) is 3.00. The van der Waals surface area contributed by atoms with Gasteiger partial charge in [0.25, 0.3) is 0 Å². The Morgan fingerprint density at radius 3 is 2.75 bits per heavy atom. The van der Waals surface area contributed by atoms with Crippen molar-refractivity contribution in [1.82, 2.24) is 10.3 Å². The number of amides is 1. The third kappa shape index (κ3) is 3.88. The van der Waals surface area contributed by atoms with Gasteiger partial charge in [0.1, 0.15) is 5.01 Å². The molecule has 2 rings (SSSR count). The fourth-order valence-corrected chi connectivity index (χ4v) is 2.61. The van der Waals surface area contributed by atoms with Crippen molar-refractivity contribution in [2.75, 3.05) is 11.9 Å². The van der Waals surface area contributed by atoms with Crippen LogP contribution in [0.1, 0.15) is 28.4 Å². The van der Waals surface area contributed by atoms with Crippen LogP contribution in [0.4, 0.5) is 5.69 Å². The van der Waals surface area contributed by atoms with E-state index in [1.165, 1.54) is 4.88 Å². The van der Waals surface area contributed by atoms with E-state index >= 15 is 0 Å². The van der Waals surface area contributed by atoms with Crippen LogP contribution in [-0.4, -0.2) is 17.4 Å². The van der Waals surface area contributed by atoms with Gasteiger partial charge in [0, 0.05) is 16.8 Å². The van der Waals surface area contributed by atoms with E-state index < -0.39 is 0 Å². The van der Waals surface area contributed by atoms with Gasteiger partial charge in [0.2, 0.25) is 5.91 Å². The average Bonchev–Trinajstić information content (AvgIpc) is 2.85. The third-order valence-corrected chi connectivity index (χ3v) is 4.09. The lowest BCUT2D eigenvalue weighted by Crippen LogP contribution is -2.30. The Balaban J connectivity index is 1.85. The highest BCUT2D eigenvalue weighted by molar-refractivity contribution is 7.11. The van der Waals surface area contributed by atoms with Gasteiger partial charge in [-0.25, -0.2) is 4.98 Å². The molecule has 0 aliphatic carbocycles. The van der Waals surface area contributed by atoms with Crippen molar-refractivity contribution < 1.29 is 4.79 Å². The number of nitrogens with one attached hydrogen (secondary N) is 2. The molecule has 0 saturated heterocycles. The van der Waals surface area contributed by atoms with Crippen LogP contribution in [0.25, 0.3) is 0 Å². The van der Waals surface area contributed by atoms with Gasteiger partial charge in [-0.15, -0.1) is 11.3 Å². The molecule has 0 fully saturated rings. The quantitative estimate of drug-likeness (QED) is 0.889. The summed E-state index contributed by atoms with van der Waals surface area (Å²) in [5, 5.41) is 7.10. The minimum atomic E-state index is -0.0422. The molecule has 0 aliphatic heterocycles. The van der Waals surface area contributed by atoms with E-state index in [1.807, 2.05) is 51.2 Å². The smallest absolute Gasteiger partial charge is 0.238 e. The van der Waals surface area contributed by atoms with Crippen LogP contribution < -0.4 is 10.6 Å². The predicted molar refractivity (Wildman–Crippen MR) is 83.1 cm³/mol. The summed E-state index contributed by atoms with van der Waals surface area (Å²) in [7, 11) is 0. The Morgan fingerprint density at radius 2 is 2.10 bits per heavy atom. The largest absolute Gasteiger partial charge is 0.325 e. The molecule has 4 nitrogen and oxygen atoms in total. The number of para-hydroxylation sites is 1. The van der Waals surface area contributed by atoms with Crippen molar-refractivity contribution in [3.8, 4) is 0 Å². The monoisotopic (exact) mass is 289 g/mol. The first-order valence-corrected chi connectivity index (χ1v) is 7.39. The van der Waals surface area contributed by atoms with Crippen molar-refractivity contribution in [1.29, 1.82) is 0 Å². The zero-order chi connectivity index (χ0) is 14.5. The fourth-order valence-electron chi connectivity index (χ4n) is 1.81. The van der Waals surface area contributed by atoms with Crippen LogP contribution in [0.5, 0.6) is 0 Å². The van der Waals surface area contributed by atoms with E-state index in [9.17, 15) is 4.79 Å². The van der Waals surface area contributed by atoms with Gasteiger partial charge < -0.3 is 5.32 Å². The number of hydrogen-bond donors (Lipinski definition) is 2. The van der Waals surface area contributed by atoms with E-state index in [0.717, 1.165) is 16.3 Å². The molecule has 106 valence electrons. The molecule has 2 aromatic rings. The van der Waals surface area contributed by atoms with Crippen LogP contribution in [0.15, 0.2) is 30.5 Å². The average molecular weight is 289 g/mol. The Bertz CT molecular complexity index is 594. The van der Waals surface area contributed by atoms with Crippen molar-refractivity contribution >= 4 is 22.9 Å². The summed E-state index contributed by atoms with van der Waals surface area (Å²) in [6, 6.07) is 7.83. The van der Waals surface area contributed by atoms with Crippen LogP contribution >= 0.6 is 11.3 Å². The highest BCUT2D eigenvalue weighted by Crippen LogP contribution is 2.18. The molecule has 20 heavy (non-hydrogen) atoms. The molecule has 0 spiro atoms. The van der Waals surface area contributed by atoms with Crippen LogP contribution in [0, 0.1) is 13.8 Å². The summed E-state index contributed by atoms with van der Waals surface area (Å²) in [5.41, 5.74) is 1.92. The molecule has 2 N–H and O–H groups in total. The number of aryl methyl sites for hydroxylation is 2. The molecular weight excluding hydrogens is 270 g/mol. The number of aromatic nitrogens is 1. The molecule has 0 radical (unpaired) electrons. The molecule has 1 aromatic heterocycles. The molecule has 0 saturated carbocycles. The van der Waals surface area contributed by atoms with Crippen LogP contribution in [0.2, 0.25) is 0 Å². The second-order valence-electron chi connectivity index (χ2n) is 4.77. The van der Waals surface area contributed by atoms with E-state index in [1.54, 1.807) is 11.3 Å². The highest BCUT2D eigenvalue weighted by Gasteiger charge is 2.11. The predicted octanol–water partition coefficient (Wildman–Crippen LogP) is 3.05. The molecule has 0 aliphatic rings. The van der Waals surface area contributed by atoms with E-state index in [2.05, 4.69) is 15.6 Å². The number of carbonyl (C=O) groups is 1. The normalized spacial score (nSPS) is 12.2. The van der Waals surface area contributed by atoms with Crippen LogP contribution in [0.3, 0.4) is 0 Å². The topological polar surface area (TPSA) is 54.0 Å². The van der Waals surface area contributed by atoms with Crippen LogP contribution in [-0.2, 0) is 4.79 Å². The Morgan fingerprint density at radius 1 is 1.35 bits per heavy atom. The fraction of sp³-hybridized carbons (Fsp3) is 0.333. The zero-order valence-corrected chi connectivity index (χ0v) is 12.8. The lowest BCUT2D eigenvalue weighted by molar-refractivity contribution is -0.115.